The zero-order chi connectivity index (χ0) is 16.2. The molecule has 0 bridgehead atoms. The number of halogens is 1. The van der Waals surface area contributed by atoms with Gasteiger partial charge in [0, 0.05) is 18.0 Å². The van der Waals surface area contributed by atoms with Crippen molar-refractivity contribution in [2.45, 2.75) is 33.2 Å². The largest absolute Gasteiger partial charge is 0.353 e. The maximum Gasteiger partial charge on any atom is 0.239 e. The van der Waals surface area contributed by atoms with Gasteiger partial charge in [-0.15, -0.1) is 12.4 Å². The lowest BCUT2D eigenvalue weighted by Gasteiger charge is -2.27. The fourth-order valence-electron chi connectivity index (χ4n) is 2.48. The summed E-state index contributed by atoms with van der Waals surface area (Å²) >= 11 is 0. The minimum absolute atomic E-state index is 0. The summed E-state index contributed by atoms with van der Waals surface area (Å²) in [6.45, 7) is 6.93. The molecule has 0 radical (unpaired) electrons. The Morgan fingerprint density at radius 3 is 2.61 bits per heavy atom. The SMILES string of the molecule is CC(C)(C)C(=O)NCC(=O)NCC1NCCc2ccccc21.Cl. The predicted molar refractivity (Wildman–Crippen MR) is 93.6 cm³/mol. The van der Waals surface area contributed by atoms with Crippen LogP contribution in [0.2, 0.25) is 0 Å². The van der Waals surface area contributed by atoms with Crippen LogP contribution in [0.15, 0.2) is 24.3 Å². The van der Waals surface area contributed by atoms with Crippen molar-refractivity contribution in [1.82, 2.24) is 16.0 Å². The van der Waals surface area contributed by atoms with E-state index in [1.807, 2.05) is 32.9 Å². The monoisotopic (exact) mass is 339 g/mol. The van der Waals surface area contributed by atoms with Gasteiger partial charge >= 0.3 is 0 Å². The number of benzene rings is 1. The molecular formula is C17H26ClN3O2. The summed E-state index contributed by atoms with van der Waals surface area (Å²) in [5, 5.41) is 8.96. The molecule has 6 heteroatoms. The summed E-state index contributed by atoms with van der Waals surface area (Å²) in [7, 11) is 0. The Morgan fingerprint density at radius 2 is 1.91 bits per heavy atom. The first-order valence-electron chi connectivity index (χ1n) is 7.74. The predicted octanol–water partition coefficient (Wildman–Crippen LogP) is 1.57. The first kappa shape index (κ1) is 19.5. The molecule has 3 N–H and O–H groups in total. The van der Waals surface area contributed by atoms with Gasteiger partial charge in [-0.25, -0.2) is 0 Å². The molecule has 128 valence electrons. The lowest BCUT2D eigenvalue weighted by atomic mass is 9.94. The molecule has 1 unspecified atom stereocenters. The Balaban J connectivity index is 0.00000264. The minimum Gasteiger partial charge on any atom is -0.353 e. The third kappa shape index (κ3) is 5.52. The molecule has 5 nitrogen and oxygen atoms in total. The number of nitrogens with one attached hydrogen (secondary N) is 3. The minimum atomic E-state index is -0.482. The van der Waals surface area contributed by atoms with Crippen molar-refractivity contribution in [3.05, 3.63) is 35.4 Å². The zero-order valence-corrected chi connectivity index (χ0v) is 14.8. The van der Waals surface area contributed by atoms with E-state index in [0.717, 1.165) is 13.0 Å². The van der Waals surface area contributed by atoms with Crippen molar-refractivity contribution in [2.24, 2.45) is 5.41 Å². The second-order valence-electron chi connectivity index (χ2n) is 6.69. The molecule has 0 saturated carbocycles. The van der Waals surface area contributed by atoms with Crippen LogP contribution < -0.4 is 16.0 Å². The number of hydrogen-bond donors (Lipinski definition) is 3. The second-order valence-corrected chi connectivity index (χ2v) is 6.69. The van der Waals surface area contributed by atoms with Gasteiger partial charge in [0.25, 0.3) is 0 Å². The highest BCUT2D eigenvalue weighted by Crippen LogP contribution is 2.21. The smallest absolute Gasteiger partial charge is 0.239 e. The van der Waals surface area contributed by atoms with Crippen molar-refractivity contribution in [3.8, 4) is 0 Å². The topological polar surface area (TPSA) is 70.2 Å². The zero-order valence-electron chi connectivity index (χ0n) is 13.9. The second kappa shape index (κ2) is 8.31. The van der Waals surface area contributed by atoms with E-state index in [0.29, 0.717) is 6.54 Å². The molecular weight excluding hydrogens is 314 g/mol. The van der Waals surface area contributed by atoms with Crippen LogP contribution >= 0.6 is 12.4 Å². The molecule has 2 amide bonds. The van der Waals surface area contributed by atoms with Gasteiger partial charge in [-0.05, 0) is 24.1 Å². The standard InChI is InChI=1S/C17H25N3O2.ClH/c1-17(2,3)16(22)20-11-15(21)19-10-14-13-7-5-4-6-12(13)8-9-18-14;/h4-7,14,18H,8-11H2,1-3H3,(H,19,21)(H,20,22);1H. The number of carbonyl (C=O) groups is 2. The Morgan fingerprint density at radius 1 is 1.22 bits per heavy atom. The van der Waals surface area contributed by atoms with E-state index >= 15 is 0 Å². The molecule has 1 heterocycles. The average Bonchev–Trinajstić information content (AvgIpc) is 2.49. The molecule has 1 aromatic rings. The summed E-state index contributed by atoms with van der Waals surface area (Å²) in [6.07, 6.45) is 1.02. The van der Waals surface area contributed by atoms with E-state index in [1.54, 1.807) is 0 Å². The van der Waals surface area contributed by atoms with Crippen LogP contribution in [0.4, 0.5) is 0 Å². The number of fused-ring (bicyclic) bond motifs is 1. The number of rotatable bonds is 4. The lowest BCUT2D eigenvalue weighted by Crippen LogP contribution is -2.44. The van der Waals surface area contributed by atoms with Crippen LogP contribution in [0.1, 0.15) is 37.9 Å². The van der Waals surface area contributed by atoms with E-state index < -0.39 is 5.41 Å². The van der Waals surface area contributed by atoms with Gasteiger partial charge in [-0.2, -0.15) is 0 Å². The Hall–Kier alpha value is -1.59. The van der Waals surface area contributed by atoms with Gasteiger partial charge in [-0.1, -0.05) is 45.0 Å². The molecule has 1 aliphatic heterocycles. The first-order valence-corrected chi connectivity index (χ1v) is 7.74. The maximum absolute atomic E-state index is 11.9. The van der Waals surface area contributed by atoms with E-state index in [1.165, 1.54) is 11.1 Å². The van der Waals surface area contributed by atoms with Gasteiger partial charge < -0.3 is 16.0 Å². The molecule has 1 aliphatic rings. The number of amides is 2. The third-order valence-corrected chi connectivity index (χ3v) is 3.81. The molecule has 0 saturated heterocycles. The molecule has 1 atom stereocenters. The summed E-state index contributed by atoms with van der Waals surface area (Å²) < 4.78 is 0. The molecule has 23 heavy (non-hydrogen) atoms. The van der Waals surface area contributed by atoms with E-state index in [4.69, 9.17) is 0 Å². The van der Waals surface area contributed by atoms with Gasteiger partial charge in [0.2, 0.25) is 11.8 Å². The first-order chi connectivity index (χ1) is 10.4. The highest BCUT2D eigenvalue weighted by molar-refractivity contribution is 5.87. The van der Waals surface area contributed by atoms with Crippen molar-refractivity contribution in [2.75, 3.05) is 19.6 Å². The van der Waals surface area contributed by atoms with Crippen LogP contribution in [0, 0.1) is 5.41 Å². The average molecular weight is 340 g/mol. The van der Waals surface area contributed by atoms with Crippen LogP contribution in [0.5, 0.6) is 0 Å². The van der Waals surface area contributed by atoms with Gasteiger partial charge in [0.15, 0.2) is 0 Å². The summed E-state index contributed by atoms with van der Waals surface area (Å²) in [6, 6.07) is 8.42. The lowest BCUT2D eigenvalue weighted by molar-refractivity contribution is -0.131. The van der Waals surface area contributed by atoms with E-state index in [-0.39, 0.29) is 36.8 Å². The van der Waals surface area contributed by atoms with Crippen molar-refractivity contribution >= 4 is 24.2 Å². The summed E-state index contributed by atoms with van der Waals surface area (Å²) in [5.41, 5.74) is 2.10. The molecule has 1 aromatic carbocycles. The maximum atomic E-state index is 11.9. The summed E-state index contributed by atoms with van der Waals surface area (Å²) in [5.74, 6) is -0.286. The molecule has 2 rings (SSSR count). The highest BCUT2D eigenvalue weighted by Gasteiger charge is 2.22. The van der Waals surface area contributed by atoms with E-state index in [9.17, 15) is 9.59 Å². The van der Waals surface area contributed by atoms with Crippen molar-refractivity contribution in [1.29, 1.82) is 0 Å². The highest BCUT2D eigenvalue weighted by atomic mass is 35.5. The Kier molecular flexibility index (Phi) is 7.03. The number of hydrogen-bond acceptors (Lipinski definition) is 3. The molecule has 0 spiro atoms. The summed E-state index contributed by atoms with van der Waals surface area (Å²) in [4.78, 5) is 23.6. The fraction of sp³-hybridized carbons (Fsp3) is 0.529. The van der Waals surface area contributed by atoms with Crippen molar-refractivity contribution < 1.29 is 9.59 Å². The van der Waals surface area contributed by atoms with Crippen molar-refractivity contribution in [3.63, 3.8) is 0 Å². The van der Waals surface area contributed by atoms with Crippen LogP contribution in [0.25, 0.3) is 0 Å². The fourth-order valence-corrected chi connectivity index (χ4v) is 2.48. The van der Waals surface area contributed by atoms with Crippen LogP contribution in [-0.2, 0) is 16.0 Å². The number of carbonyl (C=O) groups excluding carboxylic acids is 2. The Labute approximate surface area is 144 Å². The normalized spacial score (nSPS) is 16.7. The Bertz CT molecular complexity index is 555. The van der Waals surface area contributed by atoms with Gasteiger partial charge in [-0.3, -0.25) is 9.59 Å². The third-order valence-electron chi connectivity index (χ3n) is 3.81. The van der Waals surface area contributed by atoms with E-state index in [2.05, 4.69) is 28.1 Å². The molecule has 0 aliphatic carbocycles. The molecule has 0 aromatic heterocycles. The van der Waals surface area contributed by atoms with Crippen LogP contribution in [-0.4, -0.2) is 31.4 Å². The van der Waals surface area contributed by atoms with Gasteiger partial charge in [0.05, 0.1) is 6.54 Å². The quantitative estimate of drug-likeness (QED) is 0.780. The molecule has 0 fully saturated rings. The van der Waals surface area contributed by atoms with Crippen LogP contribution in [0.3, 0.4) is 0 Å². The van der Waals surface area contributed by atoms with Gasteiger partial charge in [0.1, 0.15) is 0 Å².